The summed E-state index contributed by atoms with van der Waals surface area (Å²) in [4.78, 5) is 0.322. The average Bonchev–Trinajstić information content (AvgIpc) is 3.39. The van der Waals surface area contributed by atoms with Crippen LogP contribution in [0, 0.1) is 4.77 Å². The number of sulfonamides is 1. The van der Waals surface area contributed by atoms with Gasteiger partial charge in [0.15, 0.2) is 10.6 Å². The van der Waals surface area contributed by atoms with Crippen LogP contribution in [0.2, 0.25) is 0 Å². The third kappa shape index (κ3) is 3.36. The van der Waals surface area contributed by atoms with Crippen molar-refractivity contribution >= 4 is 22.2 Å². The van der Waals surface area contributed by atoms with Gasteiger partial charge in [-0.3, -0.25) is 9.67 Å². The Balaban J connectivity index is 1.60. The maximum absolute atomic E-state index is 12.6. The van der Waals surface area contributed by atoms with Crippen LogP contribution in [0.1, 0.15) is 25.7 Å². The molecule has 0 radical (unpaired) electrons. The first-order chi connectivity index (χ1) is 12.6. The number of rotatable bonds is 5. The van der Waals surface area contributed by atoms with Crippen LogP contribution in [0.3, 0.4) is 0 Å². The van der Waals surface area contributed by atoms with Crippen LogP contribution in [0.25, 0.3) is 11.4 Å². The maximum Gasteiger partial charge on any atom is 0.243 e. The monoisotopic (exact) mass is 394 g/mol. The first kappa shape index (κ1) is 17.8. The highest BCUT2D eigenvalue weighted by molar-refractivity contribution is 7.89. The molecule has 9 heteroatoms. The lowest BCUT2D eigenvalue weighted by molar-refractivity contribution is 0.0970. The zero-order chi connectivity index (χ0) is 18.1. The van der Waals surface area contributed by atoms with Crippen molar-refractivity contribution in [2.45, 2.75) is 43.2 Å². The van der Waals surface area contributed by atoms with E-state index in [-0.39, 0.29) is 6.10 Å². The van der Waals surface area contributed by atoms with Gasteiger partial charge in [0.1, 0.15) is 0 Å². The largest absolute Gasteiger partial charge is 0.376 e. The van der Waals surface area contributed by atoms with E-state index in [0.717, 1.165) is 37.9 Å². The maximum atomic E-state index is 12.6. The normalized spacial score (nSPS) is 21.5. The summed E-state index contributed by atoms with van der Waals surface area (Å²) in [6.45, 7) is 2.64. The van der Waals surface area contributed by atoms with Gasteiger partial charge < -0.3 is 4.74 Å². The average molecular weight is 395 g/mol. The van der Waals surface area contributed by atoms with Gasteiger partial charge in [0.05, 0.1) is 17.5 Å². The second kappa shape index (κ2) is 7.22. The Morgan fingerprint density at radius 2 is 1.92 bits per heavy atom. The van der Waals surface area contributed by atoms with E-state index in [1.54, 1.807) is 28.6 Å². The topological polar surface area (TPSA) is 80.2 Å². The zero-order valence-corrected chi connectivity index (χ0v) is 16.1. The second-order valence-corrected chi connectivity index (χ2v) is 9.06. The summed E-state index contributed by atoms with van der Waals surface area (Å²) >= 11 is 5.35. The molecule has 2 fully saturated rings. The highest BCUT2D eigenvalue weighted by Gasteiger charge is 2.27. The SMILES string of the molecule is O=S(=O)(c1ccc(-c2n[nH]c(=S)n2CC2CCCO2)cc1)N1CCCC1. The Labute approximate surface area is 158 Å². The summed E-state index contributed by atoms with van der Waals surface area (Å²) in [5.74, 6) is 0.704. The van der Waals surface area contributed by atoms with E-state index in [1.165, 1.54) is 0 Å². The second-order valence-electron chi connectivity index (χ2n) is 6.73. The Hall–Kier alpha value is -1.55. The summed E-state index contributed by atoms with van der Waals surface area (Å²) in [7, 11) is -3.40. The highest BCUT2D eigenvalue weighted by atomic mass is 32.2. The van der Waals surface area contributed by atoms with E-state index in [0.29, 0.717) is 35.1 Å². The van der Waals surface area contributed by atoms with Crippen LogP contribution >= 0.6 is 12.2 Å². The standard InChI is InChI=1S/C17H22N4O3S2/c22-26(23,20-9-1-2-10-20)15-7-5-13(6-8-15)16-18-19-17(25)21(16)12-14-4-3-11-24-14/h5-8,14H,1-4,9-12H2,(H,19,25). The Morgan fingerprint density at radius 1 is 1.19 bits per heavy atom. The van der Waals surface area contributed by atoms with E-state index in [2.05, 4.69) is 10.2 Å². The Kier molecular flexibility index (Phi) is 4.96. The summed E-state index contributed by atoms with van der Waals surface area (Å²) in [6, 6.07) is 6.88. The Morgan fingerprint density at radius 3 is 2.58 bits per heavy atom. The minimum absolute atomic E-state index is 0.146. The van der Waals surface area contributed by atoms with Gasteiger partial charge in [-0.25, -0.2) is 8.42 Å². The highest BCUT2D eigenvalue weighted by Crippen LogP contribution is 2.25. The van der Waals surface area contributed by atoms with Gasteiger partial charge >= 0.3 is 0 Å². The minimum Gasteiger partial charge on any atom is -0.376 e. The first-order valence-electron chi connectivity index (χ1n) is 8.93. The number of nitrogens with one attached hydrogen (secondary N) is 1. The lowest BCUT2D eigenvalue weighted by Crippen LogP contribution is -2.27. The van der Waals surface area contributed by atoms with Crippen LogP contribution in [0.4, 0.5) is 0 Å². The number of hydrogen-bond acceptors (Lipinski definition) is 5. The lowest BCUT2D eigenvalue weighted by Gasteiger charge is -2.16. The van der Waals surface area contributed by atoms with Crippen LogP contribution in [-0.2, 0) is 21.3 Å². The lowest BCUT2D eigenvalue weighted by atomic mass is 10.2. The number of benzene rings is 1. The molecule has 1 N–H and O–H groups in total. The summed E-state index contributed by atoms with van der Waals surface area (Å²) < 4.78 is 35.0. The van der Waals surface area contributed by atoms with Gasteiger partial charge in [0, 0.05) is 25.3 Å². The molecule has 0 amide bonds. The summed E-state index contributed by atoms with van der Waals surface area (Å²) in [5, 5.41) is 7.16. The molecule has 1 atom stereocenters. The van der Waals surface area contributed by atoms with Crippen LogP contribution in [0.5, 0.6) is 0 Å². The van der Waals surface area contributed by atoms with E-state index in [4.69, 9.17) is 17.0 Å². The van der Waals surface area contributed by atoms with Crippen LogP contribution in [-0.4, -0.2) is 53.3 Å². The molecule has 7 nitrogen and oxygen atoms in total. The smallest absolute Gasteiger partial charge is 0.243 e. The third-order valence-corrected chi connectivity index (χ3v) is 7.21. The molecule has 140 valence electrons. The van der Waals surface area contributed by atoms with Crippen molar-refractivity contribution in [1.29, 1.82) is 0 Å². The van der Waals surface area contributed by atoms with E-state index < -0.39 is 10.0 Å². The van der Waals surface area contributed by atoms with Gasteiger partial charge in [0.2, 0.25) is 10.0 Å². The number of nitrogens with zero attached hydrogens (tertiary/aromatic N) is 3. The number of H-pyrrole nitrogens is 1. The molecule has 1 unspecified atom stereocenters. The molecule has 26 heavy (non-hydrogen) atoms. The fourth-order valence-electron chi connectivity index (χ4n) is 3.55. The van der Waals surface area contributed by atoms with Gasteiger partial charge in [-0.05, 0) is 62.2 Å². The van der Waals surface area contributed by atoms with Crippen molar-refractivity contribution < 1.29 is 13.2 Å². The number of aromatic amines is 1. The molecule has 0 saturated carbocycles. The molecule has 4 rings (SSSR count). The fourth-order valence-corrected chi connectivity index (χ4v) is 5.28. The van der Waals surface area contributed by atoms with E-state index in [9.17, 15) is 8.42 Å². The molecule has 2 aromatic rings. The summed E-state index contributed by atoms with van der Waals surface area (Å²) in [6.07, 6.45) is 4.08. The van der Waals surface area contributed by atoms with Crippen molar-refractivity contribution in [1.82, 2.24) is 19.1 Å². The number of ether oxygens (including phenoxy) is 1. The Bertz CT molecular complexity index is 922. The van der Waals surface area contributed by atoms with Gasteiger partial charge in [-0.1, -0.05) is 0 Å². The van der Waals surface area contributed by atoms with Crippen molar-refractivity contribution in [3.63, 3.8) is 0 Å². The van der Waals surface area contributed by atoms with Gasteiger partial charge in [-0.2, -0.15) is 9.40 Å². The predicted octanol–water partition coefficient (Wildman–Crippen LogP) is 2.57. The summed E-state index contributed by atoms with van der Waals surface area (Å²) in [5.41, 5.74) is 0.829. The molecular weight excluding hydrogens is 372 g/mol. The molecule has 3 heterocycles. The molecule has 2 aliphatic heterocycles. The van der Waals surface area contributed by atoms with E-state index >= 15 is 0 Å². The first-order valence-corrected chi connectivity index (χ1v) is 10.8. The molecule has 0 spiro atoms. The van der Waals surface area contributed by atoms with E-state index in [1.807, 2.05) is 4.57 Å². The molecule has 0 bridgehead atoms. The number of hydrogen-bond donors (Lipinski definition) is 1. The third-order valence-electron chi connectivity index (χ3n) is 4.98. The van der Waals surface area contributed by atoms with Crippen molar-refractivity contribution in [3.05, 3.63) is 29.0 Å². The molecule has 2 aliphatic rings. The molecule has 1 aromatic carbocycles. The minimum atomic E-state index is -3.40. The zero-order valence-electron chi connectivity index (χ0n) is 14.4. The number of aromatic nitrogens is 3. The van der Waals surface area contributed by atoms with Gasteiger partial charge in [0.25, 0.3) is 0 Å². The van der Waals surface area contributed by atoms with Crippen molar-refractivity contribution in [2.75, 3.05) is 19.7 Å². The van der Waals surface area contributed by atoms with Crippen molar-refractivity contribution in [3.8, 4) is 11.4 Å². The van der Waals surface area contributed by atoms with Crippen LogP contribution < -0.4 is 0 Å². The van der Waals surface area contributed by atoms with Gasteiger partial charge in [-0.15, -0.1) is 0 Å². The quantitative estimate of drug-likeness (QED) is 0.789. The molecule has 2 saturated heterocycles. The molecule has 0 aliphatic carbocycles. The fraction of sp³-hybridized carbons (Fsp3) is 0.529. The van der Waals surface area contributed by atoms with Crippen LogP contribution in [0.15, 0.2) is 29.2 Å². The molecular formula is C17H22N4O3S2. The predicted molar refractivity (Wildman–Crippen MR) is 99.8 cm³/mol. The van der Waals surface area contributed by atoms with Crippen molar-refractivity contribution in [2.24, 2.45) is 0 Å². The molecule has 1 aromatic heterocycles.